The lowest BCUT2D eigenvalue weighted by Crippen LogP contribution is -2.35. The minimum absolute atomic E-state index is 0.201. The number of hydrogen-bond donors (Lipinski definition) is 1. The van der Waals surface area contributed by atoms with Gasteiger partial charge in [-0.25, -0.2) is 9.18 Å². The van der Waals surface area contributed by atoms with Crippen LogP contribution in [0.15, 0.2) is 18.2 Å². The van der Waals surface area contributed by atoms with Crippen molar-refractivity contribution in [3.8, 4) is 5.75 Å². The summed E-state index contributed by atoms with van der Waals surface area (Å²) in [7, 11) is 0. The molecular weight excluding hydrogens is 389 g/mol. The Morgan fingerprint density at radius 3 is 2.93 bits per heavy atom. The number of thiocarbonyl (C=S) groups is 1. The highest BCUT2D eigenvalue weighted by Crippen LogP contribution is 2.27. The van der Waals surface area contributed by atoms with Crippen LogP contribution in [0, 0.1) is 5.82 Å². The molecule has 0 aliphatic carbocycles. The monoisotopic (exact) mass is 413 g/mol. The Kier molecular flexibility index (Phi) is 7.14. The van der Waals surface area contributed by atoms with Crippen LogP contribution in [0.2, 0.25) is 0 Å². The van der Waals surface area contributed by atoms with Gasteiger partial charge in [-0.1, -0.05) is 12.2 Å². The van der Waals surface area contributed by atoms with Crippen molar-refractivity contribution >= 4 is 40.7 Å². The van der Waals surface area contributed by atoms with Crippen LogP contribution in [0.1, 0.15) is 6.92 Å². The SMILES string of the molecule is CC(=S)NC[C@H]1CN(c2ccc(OCCN3CCSCC3)c(F)c2)C(=O)O1. The first-order chi connectivity index (χ1) is 13.0. The molecule has 148 valence electrons. The van der Waals surface area contributed by atoms with Crippen LogP contribution in [-0.4, -0.2) is 72.9 Å². The maximum Gasteiger partial charge on any atom is 0.414 e. The number of nitrogens with one attached hydrogen (secondary N) is 1. The number of halogens is 1. The summed E-state index contributed by atoms with van der Waals surface area (Å²) in [5.41, 5.74) is 0.458. The molecule has 1 aromatic rings. The van der Waals surface area contributed by atoms with Gasteiger partial charge in [-0.3, -0.25) is 9.80 Å². The minimum atomic E-state index is -0.486. The van der Waals surface area contributed by atoms with E-state index in [0.717, 1.165) is 31.1 Å². The summed E-state index contributed by atoms with van der Waals surface area (Å²) in [5, 5.41) is 2.98. The molecule has 0 bridgehead atoms. The number of nitrogens with zero attached hydrogens (tertiary/aromatic N) is 2. The predicted octanol–water partition coefficient (Wildman–Crippen LogP) is 2.52. The predicted molar refractivity (Wildman–Crippen MR) is 110 cm³/mol. The van der Waals surface area contributed by atoms with E-state index in [9.17, 15) is 9.18 Å². The second kappa shape index (κ2) is 9.57. The number of benzene rings is 1. The van der Waals surface area contributed by atoms with E-state index in [1.165, 1.54) is 11.0 Å². The second-order valence-corrected chi connectivity index (χ2v) is 8.31. The third-order valence-electron chi connectivity index (χ3n) is 4.45. The van der Waals surface area contributed by atoms with Crippen molar-refractivity contribution in [1.82, 2.24) is 10.2 Å². The van der Waals surface area contributed by atoms with Gasteiger partial charge in [0.2, 0.25) is 0 Å². The molecule has 1 N–H and O–H groups in total. The summed E-state index contributed by atoms with van der Waals surface area (Å²) in [6.45, 7) is 5.88. The number of hydrogen-bond acceptors (Lipinski definition) is 6. The Labute approximate surface area is 168 Å². The van der Waals surface area contributed by atoms with Crippen LogP contribution in [0.4, 0.5) is 14.9 Å². The lowest BCUT2D eigenvalue weighted by Gasteiger charge is -2.25. The molecule has 0 spiro atoms. The largest absolute Gasteiger partial charge is 0.489 e. The average molecular weight is 414 g/mol. The number of thioether (sulfide) groups is 1. The third kappa shape index (κ3) is 5.70. The number of amides is 1. The first kappa shape index (κ1) is 20.2. The van der Waals surface area contributed by atoms with Crippen LogP contribution < -0.4 is 15.0 Å². The molecule has 2 saturated heterocycles. The van der Waals surface area contributed by atoms with Crippen molar-refractivity contribution in [3.63, 3.8) is 0 Å². The van der Waals surface area contributed by atoms with Gasteiger partial charge < -0.3 is 14.8 Å². The van der Waals surface area contributed by atoms with Gasteiger partial charge in [-0.05, 0) is 19.1 Å². The lowest BCUT2D eigenvalue weighted by molar-refractivity contribution is 0.143. The number of carbonyl (C=O) groups is 1. The van der Waals surface area contributed by atoms with E-state index in [1.807, 2.05) is 11.8 Å². The zero-order valence-electron chi connectivity index (χ0n) is 15.3. The number of ether oxygens (including phenoxy) is 2. The normalized spacial score (nSPS) is 20.4. The first-order valence-electron chi connectivity index (χ1n) is 8.98. The maximum absolute atomic E-state index is 14.4. The van der Waals surface area contributed by atoms with Gasteiger partial charge in [0.05, 0.1) is 23.8 Å². The highest BCUT2D eigenvalue weighted by molar-refractivity contribution is 7.99. The summed E-state index contributed by atoms with van der Waals surface area (Å²) in [5.74, 6) is 1.99. The van der Waals surface area contributed by atoms with Gasteiger partial charge >= 0.3 is 6.09 Å². The first-order valence-corrected chi connectivity index (χ1v) is 10.5. The van der Waals surface area contributed by atoms with Gasteiger partial charge in [0.25, 0.3) is 0 Å². The van der Waals surface area contributed by atoms with Crippen LogP contribution in [0.3, 0.4) is 0 Å². The Morgan fingerprint density at radius 1 is 1.44 bits per heavy atom. The molecule has 27 heavy (non-hydrogen) atoms. The molecule has 2 aliphatic heterocycles. The Morgan fingerprint density at radius 2 is 2.22 bits per heavy atom. The van der Waals surface area contributed by atoms with Crippen molar-refractivity contribution in [2.75, 3.05) is 55.7 Å². The van der Waals surface area contributed by atoms with E-state index >= 15 is 0 Å². The molecule has 2 heterocycles. The van der Waals surface area contributed by atoms with E-state index in [-0.39, 0.29) is 11.9 Å². The molecule has 0 unspecified atom stereocenters. The number of anilines is 1. The van der Waals surface area contributed by atoms with E-state index in [2.05, 4.69) is 10.2 Å². The molecule has 9 heteroatoms. The average Bonchev–Trinajstić information content (AvgIpc) is 3.03. The van der Waals surface area contributed by atoms with Gasteiger partial charge in [0.1, 0.15) is 12.7 Å². The fourth-order valence-electron chi connectivity index (χ4n) is 2.98. The molecule has 2 fully saturated rings. The summed E-state index contributed by atoms with van der Waals surface area (Å²) < 4.78 is 25.3. The van der Waals surface area contributed by atoms with E-state index in [4.69, 9.17) is 21.7 Å². The van der Waals surface area contributed by atoms with Gasteiger partial charge in [0, 0.05) is 37.2 Å². The molecule has 0 saturated carbocycles. The van der Waals surface area contributed by atoms with E-state index < -0.39 is 11.9 Å². The molecule has 1 aromatic carbocycles. The smallest absolute Gasteiger partial charge is 0.414 e. The summed E-state index contributed by atoms with van der Waals surface area (Å²) in [6.07, 6.45) is -0.808. The van der Waals surface area contributed by atoms with Crippen LogP contribution >= 0.6 is 24.0 Å². The van der Waals surface area contributed by atoms with Crippen molar-refractivity contribution in [2.24, 2.45) is 0 Å². The quantitative estimate of drug-likeness (QED) is 0.690. The Bertz CT molecular complexity index is 686. The Balaban J connectivity index is 1.52. The standard InChI is InChI=1S/C18H24FN3O3S2/c1-13(26)20-11-15-12-22(18(23)25-15)14-2-3-17(16(19)10-14)24-7-4-21-5-8-27-9-6-21/h2-3,10,15H,4-9,11-12H2,1H3,(H,20,26)/t15-/m0/s1. The van der Waals surface area contributed by atoms with Gasteiger partial charge in [-0.2, -0.15) is 11.8 Å². The molecule has 1 atom stereocenters. The van der Waals surface area contributed by atoms with Gasteiger partial charge in [-0.15, -0.1) is 0 Å². The Hall–Kier alpha value is -1.58. The highest BCUT2D eigenvalue weighted by atomic mass is 32.2. The minimum Gasteiger partial charge on any atom is -0.489 e. The van der Waals surface area contributed by atoms with Crippen molar-refractivity contribution in [2.45, 2.75) is 13.0 Å². The topological polar surface area (TPSA) is 54.0 Å². The summed E-state index contributed by atoms with van der Waals surface area (Å²) in [4.78, 5) is 16.4. The second-order valence-electron chi connectivity index (χ2n) is 6.47. The van der Waals surface area contributed by atoms with Crippen molar-refractivity contribution < 1.29 is 18.7 Å². The van der Waals surface area contributed by atoms with Crippen molar-refractivity contribution in [3.05, 3.63) is 24.0 Å². The third-order valence-corrected chi connectivity index (χ3v) is 5.54. The molecule has 2 aliphatic rings. The zero-order valence-corrected chi connectivity index (χ0v) is 16.9. The molecule has 0 aromatic heterocycles. The van der Waals surface area contributed by atoms with E-state index in [0.29, 0.717) is 30.4 Å². The molecule has 6 nitrogen and oxygen atoms in total. The fourth-order valence-corrected chi connectivity index (χ4v) is 4.04. The summed E-state index contributed by atoms with van der Waals surface area (Å²) >= 11 is 6.91. The lowest BCUT2D eigenvalue weighted by atomic mass is 10.2. The number of cyclic esters (lactones) is 1. The van der Waals surface area contributed by atoms with Crippen molar-refractivity contribution in [1.29, 1.82) is 0 Å². The highest BCUT2D eigenvalue weighted by Gasteiger charge is 2.32. The maximum atomic E-state index is 14.4. The molecule has 0 radical (unpaired) electrons. The number of carbonyl (C=O) groups excluding carboxylic acids is 1. The zero-order chi connectivity index (χ0) is 19.2. The molecule has 1 amide bonds. The fraction of sp³-hybridized carbons (Fsp3) is 0.556. The van der Waals surface area contributed by atoms with Gasteiger partial charge in [0.15, 0.2) is 11.6 Å². The molecule has 3 rings (SSSR count). The van der Waals surface area contributed by atoms with E-state index in [1.54, 1.807) is 19.1 Å². The van der Waals surface area contributed by atoms with Crippen LogP contribution in [-0.2, 0) is 4.74 Å². The summed E-state index contributed by atoms with van der Waals surface area (Å²) in [6, 6.07) is 4.56. The molecular formula is C18H24FN3O3S2. The number of rotatable bonds is 7. The van der Waals surface area contributed by atoms with Crippen LogP contribution in [0.5, 0.6) is 5.75 Å². The van der Waals surface area contributed by atoms with Crippen LogP contribution in [0.25, 0.3) is 0 Å².